The van der Waals surface area contributed by atoms with E-state index >= 15 is 0 Å². The van der Waals surface area contributed by atoms with Crippen LogP contribution in [0.2, 0.25) is 0 Å². The van der Waals surface area contributed by atoms with E-state index in [1.807, 2.05) is 6.92 Å². The highest BCUT2D eigenvalue weighted by Crippen LogP contribution is 2.30. The van der Waals surface area contributed by atoms with Gasteiger partial charge in [0.25, 0.3) is 0 Å². The second-order valence-corrected chi connectivity index (χ2v) is 4.46. The summed E-state index contributed by atoms with van der Waals surface area (Å²) in [5.74, 6) is 2.51. The molecule has 0 saturated carbocycles. The topological polar surface area (TPSA) is 12.0 Å². The molecule has 1 rings (SSSR count). The molecular formula is C15H18F3N. The summed E-state index contributed by atoms with van der Waals surface area (Å²) in [6, 6.07) is 7.47. The molecule has 1 N–H and O–H groups in total. The summed E-state index contributed by atoms with van der Waals surface area (Å²) in [6.45, 7) is 1.95. The fraction of sp³-hybridized carbons (Fsp3) is 0.467. The first kappa shape index (κ1) is 15.6. The summed E-state index contributed by atoms with van der Waals surface area (Å²) in [5.41, 5.74) is 0.608. The summed E-state index contributed by atoms with van der Waals surface area (Å²) in [5, 5.41) is 2.92. The van der Waals surface area contributed by atoms with Crippen molar-refractivity contribution in [2.45, 2.75) is 44.4 Å². The molecule has 2 unspecified atom stereocenters. The minimum absolute atomic E-state index is 0.336. The molecule has 0 aliphatic rings. The van der Waals surface area contributed by atoms with Crippen molar-refractivity contribution in [3.05, 3.63) is 35.9 Å². The number of terminal acetylenes is 1. The lowest BCUT2D eigenvalue weighted by atomic mass is 10.0. The Morgan fingerprint density at radius 3 is 2.37 bits per heavy atom. The molecular weight excluding hydrogens is 251 g/mol. The number of halogens is 3. The molecule has 1 nitrogen and oxygen atoms in total. The molecule has 0 heterocycles. The van der Waals surface area contributed by atoms with Crippen LogP contribution in [0.15, 0.2) is 30.3 Å². The van der Waals surface area contributed by atoms with Crippen molar-refractivity contribution in [1.82, 2.24) is 5.32 Å². The van der Waals surface area contributed by atoms with Crippen LogP contribution in [-0.4, -0.2) is 12.2 Å². The first-order valence-electron chi connectivity index (χ1n) is 6.30. The largest absolute Gasteiger partial charge is 0.390 e. The van der Waals surface area contributed by atoms with Crippen LogP contribution in [0, 0.1) is 12.3 Å². The SMILES string of the molecule is C#CC(CCC)NC(CC(F)(F)F)c1ccccc1. The van der Waals surface area contributed by atoms with E-state index in [4.69, 9.17) is 6.42 Å². The Labute approximate surface area is 112 Å². The standard InChI is InChI=1S/C15H18F3N/c1-3-8-13(4-2)19-14(11-15(16,17)18)12-9-6-5-7-10-12/h2,5-7,9-10,13-14,19H,3,8,11H2,1H3. The summed E-state index contributed by atoms with van der Waals surface area (Å²) in [4.78, 5) is 0. The number of nitrogens with one attached hydrogen (secondary N) is 1. The van der Waals surface area contributed by atoms with Gasteiger partial charge in [-0.2, -0.15) is 13.2 Å². The number of alkyl halides is 3. The minimum Gasteiger partial charge on any atom is -0.296 e. The van der Waals surface area contributed by atoms with E-state index in [-0.39, 0.29) is 6.04 Å². The van der Waals surface area contributed by atoms with Gasteiger partial charge in [-0.15, -0.1) is 6.42 Å². The summed E-state index contributed by atoms with van der Waals surface area (Å²) in [6.07, 6.45) is 1.71. The van der Waals surface area contributed by atoms with E-state index in [1.54, 1.807) is 30.3 Å². The van der Waals surface area contributed by atoms with Gasteiger partial charge in [-0.3, -0.25) is 5.32 Å². The quantitative estimate of drug-likeness (QED) is 0.768. The molecule has 0 aromatic heterocycles. The van der Waals surface area contributed by atoms with Gasteiger partial charge in [-0.05, 0) is 12.0 Å². The molecule has 2 atom stereocenters. The smallest absolute Gasteiger partial charge is 0.296 e. The first-order valence-corrected chi connectivity index (χ1v) is 6.30. The molecule has 0 spiro atoms. The van der Waals surface area contributed by atoms with Gasteiger partial charge in [0.15, 0.2) is 0 Å². The van der Waals surface area contributed by atoms with Crippen molar-refractivity contribution in [2.75, 3.05) is 0 Å². The molecule has 0 radical (unpaired) electrons. The average molecular weight is 269 g/mol. The monoisotopic (exact) mass is 269 g/mol. The molecule has 0 bridgehead atoms. The number of hydrogen-bond donors (Lipinski definition) is 1. The van der Waals surface area contributed by atoms with Crippen LogP contribution in [0.4, 0.5) is 13.2 Å². The van der Waals surface area contributed by atoms with Crippen molar-refractivity contribution < 1.29 is 13.2 Å². The maximum atomic E-state index is 12.6. The van der Waals surface area contributed by atoms with E-state index in [0.717, 1.165) is 6.42 Å². The maximum absolute atomic E-state index is 12.6. The molecule has 0 amide bonds. The van der Waals surface area contributed by atoms with Gasteiger partial charge < -0.3 is 0 Å². The van der Waals surface area contributed by atoms with Gasteiger partial charge in [0, 0.05) is 6.04 Å². The van der Waals surface area contributed by atoms with E-state index in [2.05, 4.69) is 11.2 Å². The normalized spacial score (nSPS) is 14.7. The van der Waals surface area contributed by atoms with Crippen LogP contribution < -0.4 is 5.32 Å². The van der Waals surface area contributed by atoms with Crippen molar-refractivity contribution in [3.8, 4) is 12.3 Å². The zero-order chi connectivity index (χ0) is 14.3. The van der Waals surface area contributed by atoms with Crippen molar-refractivity contribution in [2.24, 2.45) is 0 Å². The lowest BCUT2D eigenvalue weighted by Gasteiger charge is -2.24. The molecule has 0 saturated heterocycles. The summed E-state index contributed by atoms with van der Waals surface area (Å²) < 4.78 is 37.9. The fourth-order valence-corrected chi connectivity index (χ4v) is 1.94. The Balaban J connectivity index is 2.84. The van der Waals surface area contributed by atoms with Crippen molar-refractivity contribution >= 4 is 0 Å². The molecule has 1 aromatic carbocycles. The predicted molar refractivity (Wildman–Crippen MR) is 70.5 cm³/mol. The Morgan fingerprint density at radius 1 is 1.26 bits per heavy atom. The van der Waals surface area contributed by atoms with Crippen LogP contribution in [0.25, 0.3) is 0 Å². The van der Waals surface area contributed by atoms with Gasteiger partial charge in [0.2, 0.25) is 0 Å². The Hall–Kier alpha value is -1.47. The highest BCUT2D eigenvalue weighted by atomic mass is 19.4. The third kappa shape index (κ3) is 5.80. The second-order valence-electron chi connectivity index (χ2n) is 4.46. The Bertz CT molecular complexity index is 406. The van der Waals surface area contributed by atoms with Crippen LogP contribution in [0.3, 0.4) is 0 Å². The van der Waals surface area contributed by atoms with Crippen LogP contribution >= 0.6 is 0 Å². The average Bonchev–Trinajstić information content (AvgIpc) is 2.36. The number of hydrogen-bond acceptors (Lipinski definition) is 1. The van der Waals surface area contributed by atoms with Crippen molar-refractivity contribution in [3.63, 3.8) is 0 Å². The third-order valence-corrected chi connectivity index (χ3v) is 2.82. The van der Waals surface area contributed by atoms with Crippen LogP contribution in [-0.2, 0) is 0 Å². The van der Waals surface area contributed by atoms with Crippen molar-refractivity contribution in [1.29, 1.82) is 0 Å². The Morgan fingerprint density at radius 2 is 1.89 bits per heavy atom. The molecule has 19 heavy (non-hydrogen) atoms. The van der Waals surface area contributed by atoms with Gasteiger partial charge in [-0.25, -0.2) is 0 Å². The molecule has 1 aromatic rings. The van der Waals surface area contributed by atoms with Gasteiger partial charge in [0.1, 0.15) is 0 Å². The van der Waals surface area contributed by atoms with Gasteiger partial charge in [0.05, 0.1) is 12.5 Å². The van der Waals surface area contributed by atoms with E-state index in [1.165, 1.54) is 0 Å². The highest BCUT2D eigenvalue weighted by Gasteiger charge is 2.33. The summed E-state index contributed by atoms with van der Waals surface area (Å²) in [7, 11) is 0. The molecule has 0 fully saturated rings. The lowest BCUT2D eigenvalue weighted by Crippen LogP contribution is -2.34. The number of rotatable bonds is 6. The van der Waals surface area contributed by atoms with E-state index in [0.29, 0.717) is 12.0 Å². The molecule has 104 valence electrons. The van der Waals surface area contributed by atoms with E-state index < -0.39 is 18.6 Å². The van der Waals surface area contributed by atoms with E-state index in [9.17, 15) is 13.2 Å². The lowest BCUT2D eigenvalue weighted by molar-refractivity contribution is -0.140. The first-order chi connectivity index (χ1) is 8.96. The van der Waals surface area contributed by atoms with Crippen LogP contribution in [0.1, 0.15) is 37.8 Å². The predicted octanol–water partition coefficient (Wildman–Crippen LogP) is 4.07. The zero-order valence-electron chi connectivity index (χ0n) is 10.9. The molecule has 0 aliphatic carbocycles. The maximum Gasteiger partial charge on any atom is 0.390 e. The van der Waals surface area contributed by atoms with Crippen LogP contribution in [0.5, 0.6) is 0 Å². The van der Waals surface area contributed by atoms with Gasteiger partial charge >= 0.3 is 6.18 Å². The zero-order valence-corrected chi connectivity index (χ0v) is 10.9. The molecule has 4 heteroatoms. The third-order valence-electron chi connectivity index (χ3n) is 2.82. The Kier molecular flexibility index (Phi) is 5.91. The van der Waals surface area contributed by atoms with Gasteiger partial charge in [-0.1, -0.05) is 49.6 Å². The molecule has 0 aliphatic heterocycles. The summed E-state index contributed by atoms with van der Waals surface area (Å²) >= 11 is 0. The minimum atomic E-state index is -4.22. The number of benzene rings is 1. The second kappa shape index (κ2) is 7.20. The highest BCUT2D eigenvalue weighted by molar-refractivity contribution is 5.20. The fourth-order valence-electron chi connectivity index (χ4n) is 1.94.